The van der Waals surface area contributed by atoms with Gasteiger partial charge in [0, 0.05) is 33.7 Å². The van der Waals surface area contributed by atoms with E-state index in [1.165, 1.54) is 18.4 Å². The summed E-state index contributed by atoms with van der Waals surface area (Å²) in [5.74, 6) is -0.961. The first-order valence-electron chi connectivity index (χ1n) is 9.63. The van der Waals surface area contributed by atoms with Crippen molar-refractivity contribution < 1.29 is 18.0 Å². The molecule has 2 N–H and O–H groups in total. The number of hydrogen-bond acceptors (Lipinski definition) is 4. The Balaban J connectivity index is 2.07. The maximum absolute atomic E-state index is 12.8. The van der Waals surface area contributed by atoms with E-state index in [0.29, 0.717) is 37.2 Å². The molecule has 9 heteroatoms. The van der Waals surface area contributed by atoms with Gasteiger partial charge >= 0.3 is 0 Å². The highest BCUT2D eigenvalue weighted by atomic mass is 32.2. The number of unbranched alkanes of at least 4 members (excludes halogenated alkanes) is 1. The Bertz CT molecular complexity index is 795. The molecule has 1 aliphatic heterocycles. The van der Waals surface area contributed by atoms with Crippen molar-refractivity contribution in [3.8, 4) is 0 Å². The standard InChI is InChI=1S/C19H30N4O4S/c1-4-5-12-20-19(25)16-10-6-7-11-17(16)21-18(24)15-9-8-13-23(14-15)28(26,27)22(2)3/h6-7,10-11,15H,4-5,8-9,12-14H2,1-3H3,(H,20,25)(H,21,24)/t15-/m1/s1. The number of benzene rings is 1. The molecule has 1 aliphatic rings. The number of carbonyl (C=O) groups excluding carboxylic acids is 2. The number of amides is 2. The number of carbonyl (C=O) groups is 2. The third-order valence-corrected chi connectivity index (χ3v) is 6.70. The SMILES string of the molecule is CCCCNC(=O)c1ccccc1NC(=O)[C@@H]1CCCN(S(=O)(=O)N(C)C)C1. The van der Waals surface area contributed by atoms with Gasteiger partial charge in [0.25, 0.3) is 16.1 Å². The van der Waals surface area contributed by atoms with Gasteiger partial charge in [0.05, 0.1) is 17.2 Å². The first-order valence-corrected chi connectivity index (χ1v) is 11.0. The first-order chi connectivity index (χ1) is 13.3. The van der Waals surface area contributed by atoms with Crippen LogP contribution in [0.4, 0.5) is 5.69 Å². The van der Waals surface area contributed by atoms with Gasteiger partial charge in [-0.1, -0.05) is 25.5 Å². The monoisotopic (exact) mass is 410 g/mol. The largest absolute Gasteiger partial charge is 0.352 e. The quantitative estimate of drug-likeness (QED) is 0.637. The molecule has 1 aromatic carbocycles. The fraction of sp³-hybridized carbons (Fsp3) is 0.579. The Hall–Kier alpha value is -1.97. The molecule has 1 heterocycles. The second-order valence-corrected chi connectivity index (χ2v) is 9.27. The zero-order valence-corrected chi connectivity index (χ0v) is 17.6. The minimum Gasteiger partial charge on any atom is -0.352 e. The van der Waals surface area contributed by atoms with Crippen molar-refractivity contribution >= 4 is 27.7 Å². The van der Waals surface area contributed by atoms with Crippen LogP contribution < -0.4 is 10.6 Å². The predicted molar refractivity (Wildman–Crippen MR) is 109 cm³/mol. The van der Waals surface area contributed by atoms with Crippen LogP contribution in [-0.2, 0) is 15.0 Å². The molecule has 28 heavy (non-hydrogen) atoms. The van der Waals surface area contributed by atoms with Crippen molar-refractivity contribution in [1.29, 1.82) is 0 Å². The van der Waals surface area contributed by atoms with E-state index in [1.807, 2.05) is 6.92 Å². The number of anilines is 1. The Morgan fingerprint density at radius 3 is 2.64 bits per heavy atom. The number of nitrogens with one attached hydrogen (secondary N) is 2. The van der Waals surface area contributed by atoms with Crippen LogP contribution in [0.1, 0.15) is 43.0 Å². The van der Waals surface area contributed by atoms with Crippen LogP contribution in [0.15, 0.2) is 24.3 Å². The normalized spacial score (nSPS) is 18.1. The number of piperidine rings is 1. The molecule has 2 amide bonds. The second-order valence-electron chi connectivity index (χ2n) is 7.13. The molecular weight excluding hydrogens is 380 g/mol. The average molecular weight is 411 g/mol. The lowest BCUT2D eigenvalue weighted by Gasteiger charge is -2.32. The van der Waals surface area contributed by atoms with E-state index in [1.54, 1.807) is 24.3 Å². The topological polar surface area (TPSA) is 98.8 Å². The lowest BCUT2D eigenvalue weighted by atomic mass is 9.98. The summed E-state index contributed by atoms with van der Waals surface area (Å²) in [6.07, 6.45) is 3.09. The Labute approximate surface area is 167 Å². The molecule has 1 atom stereocenters. The lowest BCUT2D eigenvalue weighted by Crippen LogP contribution is -2.47. The maximum Gasteiger partial charge on any atom is 0.281 e. The molecule has 1 fully saturated rings. The van der Waals surface area contributed by atoms with Gasteiger partial charge in [0.2, 0.25) is 5.91 Å². The molecule has 1 aromatic rings. The molecule has 0 spiro atoms. The van der Waals surface area contributed by atoms with Gasteiger partial charge in [-0.3, -0.25) is 9.59 Å². The number of para-hydroxylation sites is 1. The van der Waals surface area contributed by atoms with Crippen LogP contribution in [-0.4, -0.2) is 62.6 Å². The van der Waals surface area contributed by atoms with Gasteiger partial charge in [-0.15, -0.1) is 0 Å². The molecule has 0 unspecified atom stereocenters. The van der Waals surface area contributed by atoms with Gasteiger partial charge in [0.15, 0.2) is 0 Å². The summed E-state index contributed by atoms with van der Waals surface area (Å²) < 4.78 is 27.2. The predicted octanol–water partition coefficient (Wildman–Crippen LogP) is 1.67. The van der Waals surface area contributed by atoms with Crippen LogP contribution in [0.25, 0.3) is 0 Å². The summed E-state index contributed by atoms with van der Waals surface area (Å²) in [4.78, 5) is 25.2. The van der Waals surface area contributed by atoms with Crippen LogP contribution in [0, 0.1) is 5.92 Å². The minimum atomic E-state index is -3.55. The van der Waals surface area contributed by atoms with Crippen molar-refractivity contribution in [3.05, 3.63) is 29.8 Å². The summed E-state index contributed by atoms with van der Waals surface area (Å²) in [5, 5.41) is 5.67. The molecule has 0 radical (unpaired) electrons. The minimum absolute atomic E-state index is 0.136. The van der Waals surface area contributed by atoms with Crippen molar-refractivity contribution in [2.45, 2.75) is 32.6 Å². The van der Waals surface area contributed by atoms with E-state index in [2.05, 4.69) is 10.6 Å². The van der Waals surface area contributed by atoms with Crippen molar-refractivity contribution in [1.82, 2.24) is 13.9 Å². The molecular formula is C19H30N4O4S. The van der Waals surface area contributed by atoms with E-state index >= 15 is 0 Å². The highest BCUT2D eigenvalue weighted by Gasteiger charge is 2.33. The van der Waals surface area contributed by atoms with Crippen LogP contribution in [0.5, 0.6) is 0 Å². The Morgan fingerprint density at radius 2 is 1.96 bits per heavy atom. The van der Waals surface area contributed by atoms with Gasteiger partial charge in [-0.25, -0.2) is 0 Å². The van der Waals surface area contributed by atoms with Crippen molar-refractivity contribution in [2.24, 2.45) is 5.92 Å². The van der Waals surface area contributed by atoms with Crippen LogP contribution in [0.2, 0.25) is 0 Å². The number of nitrogens with zero attached hydrogens (tertiary/aromatic N) is 2. The highest BCUT2D eigenvalue weighted by Crippen LogP contribution is 2.23. The number of rotatable bonds is 8. The van der Waals surface area contributed by atoms with E-state index in [0.717, 1.165) is 17.1 Å². The third kappa shape index (κ3) is 5.52. The molecule has 2 rings (SSSR count). The van der Waals surface area contributed by atoms with Gasteiger partial charge in [0.1, 0.15) is 0 Å². The summed E-state index contributed by atoms with van der Waals surface area (Å²) in [5.41, 5.74) is 0.842. The van der Waals surface area contributed by atoms with Gasteiger partial charge < -0.3 is 10.6 Å². The fourth-order valence-electron chi connectivity index (χ4n) is 3.10. The van der Waals surface area contributed by atoms with Crippen LogP contribution >= 0.6 is 0 Å². The van der Waals surface area contributed by atoms with Crippen molar-refractivity contribution in [2.75, 3.05) is 39.0 Å². The molecule has 0 saturated carbocycles. The van der Waals surface area contributed by atoms with Gasteiger partial charge in [-0.05, 0) is 31.4 Å². The fourth-order valence-corrected chi connectivity index (χ4v) is 4.29. The van der Waals surface area contributed by atoms with Crippen LogP contribution in [0.3, 0.4) is 0 Å². The van der Waals surface area contributed by atoms with E-state index in [9.17, 15) is 18.0 Å². The first kappa shape index (κ1) is 22.3. The molecule has 8 nitrogen and oxygen atoms in total. The zero-order valence-electron chi connectivity index (χ0n) is 16.8. The second kappa shape index (κ2) is 9.99. The molecule has 0 bridgehead atoms. The molecule has 0 aromatic heterocycles. The van der Waals surface area contributed by atoms with Crippen molar-refractivity contribution in [3.63, 3.8) is 0 Å². The van der Waals surface area contributed by atoms with Gasteiger partial charge in [-0.2, -0.15) is 17.0 Å². The Kier molecular flexibility index (Phi) is 7.97. The smallest absolute Gasteiger partial charge is 0.281 e. The average Bonchev–Trinajstić information content (AvgIpc) is 2.68. The molecule has 1 saturated heterocycles. The summed E-state index contributed by atoms with van der Waals surface area (Å²) >= 11 is 0. The molecule has 156 valence electrons. The highest BCUT2D eigenvalue weighted by molar-refractivity contribution is 7.86. The summed E-state index contributed by atoms with van der Waals surface area (Å²) in [6, 6.07) is 6.85. The molecule has 0 aliphatic carbocycles. The van der Waals surface area contributed by atoms with E-state index < -0.39 is 16.1 Å². The van der Waals surface area contributed by atoms with E-state index in [-0.39, 0.29) is 18.4 Å². The summed E-state index contributed by atoms with van der Waals surface area (Å²) in [6.45, 7) is 3.17. The lowest BCUT2D eigenvalue weighted by molar-refractivity contribution is -0.120. The van der Waals surface area contributed by atoms with E-state index in [4.69, 9.17) is 0 Å². The third-order valence-electron chi connectivity index (χ3n) is 4.79. The summed E-state index contributed by atoms with van der Waals surface area (Å²) in [7, 11) is -0.594. The number of hydrogen-bond donors (Lipinski definition) is 2. The Morgan fingerprint density at radius 1 is 1.25 bits per heavy atom. The zero-order chi connectivity index (χ0) is 20.7. The maximum atomic E-state index is 12.8.